The summed E-state index contributed by atoms with van der Waals surface area (Å²) in [4.78, 5) is 13.8. The summed E-state index contributed by atoms with van der Waals surface area (Å²) in [7, 11) is 1.93. The van der Waals surface area contributed by atoms with Crippen molar-refractivity contribution in [2.45, 2.75) is 18.6 Å². The number of hydrogen-bond donors (Lipinski definition) is 1. The summed E-state index contributed by atoms with van der Waals surface area (Å²) < 4.78 is 10.6. The molecule has 6 heteroatoms. The summed E-state index contributed by atoms with van der Waals surface area (Å²) in [5.74, 6) is 0.0763. The van der Waals surface area contributed by atoms with Crippen molar-refractivity contribution in [3.05, 3.63) is 0 Å². The van der Waals surface area contributed by atoms with Crippen molar-refractivity contribution in [3.8, 4) is 0 Å². The fraction of sp³-hybridized carbons (Fsp3) is 0.900. The zero-order valence-electron chi connectivity index (χ0n) is 9.48. The van der Waals surface area contributed by atoms with Gasteiger partial charge in [-0.1, -0.05) is 0 Å². The van der Waals surface area contributed by atoms with E-state index in [0.29, 0.717) is 25.9 Å². The third-order valence-electron chi connectivity index (χ3n) is 3.00. The van der Waals surface area contributed by atoms with Crippen LogP contribution in [0.15, 0.2) is 0 Å². The summed E-state index contributed by atoms with van der Waals surface area (Å²) in [6.07, 6.45) is 0.643. The first-order chi connectivity index (χ1) is 7.31. The maximum atomic E-state index is 12.0. The molecule has 2 aliphatic heterocycles. The van der Waals surface area contributed by atoms with Crippen LogP contribution in [0.5, 0.6) is 0 Å². The molecular formula is C10H19ClN2O3. The van der Waals surface area contributed by atoms with Crippen LogP contribution in [-0.2, 0) is 14.3 Å². The van der Waals surface area contributed by atoms with E-state index < -0.39 is 0 Å². The topological polar surface area (TPSA) is 50.8 Å². The molecule has 0 aromatic rings. The van der Waals surface area contributed by atoms with E-state index in [-0.39, 0.29) is 24.4 Å². The number of ether oxygens (including phenoxy) is 2. The number of amides is 1. The fourth-order valence-electron chi connectivity index (χ4n) is 2.03. The van der Waals surface area contributed by atoms with Crippen LogP contribution in [0.1, 0.15) is 6.42 Å². The molecule has 2 fully saturated rings. The number of nitrogens with one attached hydrogen (secondary N) is 1. The number of rotatable bonds is 2. The second-order valence-corrected chi connectivity index (χ2v) is 3.99. The third kappa shape index (κ3) is 3.07. The van der Waals surface area contributed by atoms with Gasteiger partial charge in [-0.15, -0.1) is 12.4 Å². The Morgan fingerprint density at radius 3 is 2.81 bits per heavy atom. The van der Waals surface area contributed by atoms with Crippen LogP contribution in [0.4, 0.5) is 0 Å². The highest BCUT2D eigenvalue weighted by Crippen LogP contribution is 2.13. The molecule has 2 rings (SSSR count). The van der Waals surface area contributed by atoms with E-state index in [9.17, 15) is 4.79 Å². The summed E-state index contributed by atoms with van der Waals surface area (Å²) in [5.41, 5.74) is 0. The first-order valence-corrected chi connectivity index (χ1v) is 5.46. The predicted octanol–water partition coefficient (Wildman–Crippen LogP) is -0.356. The smallest absolute Gasteiger partial charge is 0.254 e. The van der Waals surface area contributed by atoms with Gasteiger partial charge in [-0.2, -0.15) is 0 Å². The Kier molecular flexibility index (Phi) is 5.48. The van der Waals surface area contributed by atoms with Gasteiger partial charge < -0.3 is 19.7 Å². The van der Waals surface area contributed by atoms with E-state index in [1.165, 1.54) is 0 Å². The van der Waals surface area contributed by atoms with E-state index in [2.05, 4.69) is 5.32 Å². The van der Waals surface area contributed by atoms with Crippen LogP contribution in [0, 0.1) is 0 Å². The van der Waals surface area contributed by atoms with E-state index in [4.69, 9.17) is 9.47 Å². The molecule has 0 radical (unpaired) electrons. The molecule has 2 saturated heterocycles. The van der Waals surface area contributed by atoms with Crippen molar-refractivity contribution in [3.63, 3.8) is 0 Å². The minimum atomic E-state index is -0.380. The molecule has 1 N–H and O–H groups in total. The third-order valence-corrected chi connectivity index (χ3v) is 3.00. The van der Waals surface area contributed by atoms with E-state index in [0.717, 1.165) is 19.5 Å². The molecule has 0 spiro atoms. The second kappa shape index (κ2) is 6.39. The Labute approximate surface area is 102 Å². The molecule has 2 unspecified atom stereocenters. The molecule has 0 aliphatic carbocycles. The molecule has 16 heavy (non-hydrogen) atoms. The van der Waals surface area contributed by atoms with Gasteiger partial charge >= 0.3 is 0 Å². The summed E-state index contributed by atoms with van der Waals surface area (Å²) in [5, 5.41) is 3.19. The quantitative estimate of drug-likeness (QED) is 0.728. The highest BCUT2D eigenvalue weighted by Gasteiger charge is 2.31. The van der Waals surface area contributed by atoms with Crippen molar-refractivity contribution in [1.82, 2.24) is 10.2 Å². The van der Waals surface area contributed by atoms with Gasteiger partial charge in [-0.25, -0.2) is 0 Å². The Balaban J connectivity index is 0.00000128. The minimum Gasteiger partial charge on any atom is -0.376 e. The lowest BCUT2D eigenvalue weighted by atomic mass is 10.3. The number of likely N-dealkylation sites (N-methyl/N-ethyl adjacent to an activating group) is 1. The largest absolute Gasteiger partial charge is 0.376 e. The zero-order valence-corrected chi connectivity index (χ0v) is 10.3. The van der Waals surface area contributed by atoms with Gasteiger partial charge in [-0.05, 0) is 13.5 Å². The van der Waals surface area contributed by atoms with Gasteiger partial charge in [0, 0.05) is 19.1 Å². The molecule has 0 aromatic heterocycles. The normalized spacial score (nSPS) is 29.9. The lowest BCUT2D eigenvalue weighted by molar-refractivity contribution is -0.156. The van der Waals surface area contributed by atoms with Gasteiger partial charge in [0.1, 0.15) is 0 Å². The van der Waals surface area contributed by atoms with Crippen LogP contribution in [0.2, 0.25) is 0 Å². The van der Waals surface area contributed by atoms with Crippen molar-refractivity contribution >= 4 is 18.3 Å². The molecular weight excluding hydrogens is 232 g/mol. The fourth-order valence-corrected chi connectivity index (χ4v) is 2.03. The Morgan fingerprint density at radius 2 is 2.25 bits per heavy atom. The Morgan fingerprint density at radius 1 is 1.44 bits per heavy atom. The van der Waals surface area contributed by atoms with E-state index in [1.54, 1.807) is 0 Å². The Hall–Kier alpha value is -0.360. The number of likely N-dealkylation sites (tertiary alicyclic amines) is 1. The lowest BCUT2D eigenvalue weighted by Gasteiger charge is -2.26. The first kappa shape index (κ1) is 13.7. The first-order valence-electron chi connectivity index (χ1n) is 5.46. The summed E-state index contributed by atoms with van der Waals surface area (Å²) in [6.45, 7) is 3.14. The van der Waals surface area contributed by atoms with Crippen LogP contribution in [-0.4, -0.2) is 62.9 Å². The number of carbonyl (C=O) groups excluding carboxylic acids is 1. The number of carbonyl (C=O) groups is 1. The zero-order chi connectivity index (χ0) is 10.7. The molecule has 5 nitrogen and oxygen atoms in total. The highest BCUT2D eigenvalue weighted by molar-refractivity contribution is 5.85. The minimum absolute atomic E-state index is 0. The molecule has 2 heterocycles. The highest BCUT2D eigenvalue weighted by atomic mass is 35.5. The van der Waals surface area contributed by atoms with Crippen molar-refractivity contribution in [1.29, 1.82) is 0 Å². The lowest BCUT2D eigenvalue weighted by Crippen LogP contribution is -2.45. The molecule has 2 aliphatic rings. The van der Waals surface area contributed by atoms with Gasteiger partial charge in [-0.3, -0.25) is 4.79 Å². The van der Waals surface area contributed by atoms with Crippen LogP contribution >= 0.6 is 12.4 Å². The van der Waals surface area contributed by atoms with Crippen LogP contribution < -0.4 is 5.32 Å². The maximum Gasteiger partial charge on any atom is 0.254 e. The monoisotopic (exact) mass is 250 g/mol. The van der Waals surface area contributed by atoms with Crippen molar-refractivity contribution < 1.29 is 14.3 Å². The van der Waals surface area contributed by atoms with Crippen LogP contribution in [0.25, 0.3) is 0 Å². The molecule has 1 amide bonds. The maximum absolute atomic E-state index is 12.0. The standard InChI is InChI=1S/C10H18N2O3.ClH/c1-11-8-2-3-12(6-8)10(13)9-7-14-4-5-15-9;/h8-9,11H,2-7H2,1H3;1H. The Bertz CT molecular complexity index is 234. The predicted molar refractivity (Wildman–Crippen MR) is 61.9 cm³/mol. The average Bonchev–Trinajstić information content (AvgIpc) is 2.78. The summed E-state index contributed by atoms with van der Waals surface area (Å²) >= 11 is 0. The SMILES string of the molecule is CNC1CCN(C(=O)C2COCCO2)C1.Cl. The van der Waals surface area contributed by atoms with E-state index in [1.807, 2.05) is 11.9 Å². The molecule has 0 saturated carbocycles. The van der Waals surface area contributed by atoms with Crippen LogP contribution in [0.3, 0.4) is 0 Å². The number of halogens is 1. The second-order valence-electron chi connectivity index (χ2n) is 3.99. The molecule has 0 aromatic carbocycles. The van der Waals surface area contributed by atoms with E-state index >= 15 is 0 Å². The molecule has 94 valence electrons. The average molecular weight is 251 g/mol. The van der Waals surface area contributed by atoms with Gasteiger partial charge in [0.25, 0.3) is 5.91 Å². The van der Waals surface area contributed by atoms with Crippen molar-refractivity contribution in [2.24, 2.45) is 0 Å². The number of hydrogen-bond acceptors (Lipinski definition) is 4. The van der Waals surface area contributed by atoms with Gasteiger partial charge in [0.15, 0.2) is 6.10 Å². The molecule has 0 bridgehead atoms. The summed E-state index contributed by atoms with van der Waals surface area (Å²) in [6, 6.07) is 0.429. The van der Waals surface area contributed by atoms with Gasteiger partial charge in [0.05, 0.1) is 19.8 Å². The molecule has 2 atom stereocenters. The van der Waals surface area contributed by atoms with Crippen molar-refractivity contribution in [2.75, 3.05) is 40.0 Å². The van der Waals surface area contributed by atoms with Gasteiger partial charge in [0.2, 0.25) is 0 Å². The number of nitrogens with zero attached hydrogens (tertiary/aromatic N) is 1.